The van der Waals surface area contributed by atoms with Crippen LogP contribution in [0.2, 0.25) is 0 Å². The van der Waals surface area contributed by atoms with Crippen LogP contribution in [0.3, 0.4) is 0 Å². The first kappa shape index (κ1) is 22.8. The van der Waals surface area contributed by atoms with Crippen LogP contribution < -0.4 is 5.32 Å². The van der Waals surface area contributed by atoms with Crippen molar-refractivity contribution in [3.63, 3.8) is 0 Å². The number of carbonyl (C=O) groups excluding carboxylic acids is 2. The molecule has 7 nitrogen and oxygen atoms in total. The largest absolute Gasteiger partial charge is 0.356 e. The van der Waals surface area contributed by atoms with Crippen molar-refractivity contribution in [2.24, 2.45) is 17.8 Å². The highest BCUT2D eigenvalue weighted by Crippen LogP contribution is 2.30. The monoisotopic (exact) mass is 473 g/mol. The Kier molecular flexibility index (Phi) is 6.49. The van der Waals surface area contributed by atoms with Gasteiger partial charge in [-0.1, -0.05) is 6.07 Å². The van der Waals surface area contributed by atoms with Gasteiger partial charge in [-0.2, -0.15) is 4.31 Å². The molecule has 2 heterocycles. The normalized spacial score (nSPS) is 24.5. The first-order valence-electron chi connectivity index (χ1n) is 12.6. The third-order valence-corrected chi connectivity index (χ3v) is 9.77. The lowest BCUT2D eigenvalue weighted by Crippen LogP contribution is -2.49. The van der Waals surface area contributed by atoms with Gasteiger partial charge in [0, 0.05) is 38.6 Å². The lowest BCUT2D eigenvalue weighted by atomic mass is 9.92. The summed E-state index contributed by atoms with van der Waals surface area (Å²) >= 11 is 0. The van der Waals surface area contributed by atoms with Gasteiger partial charge in [0.2, 0.25) is 21.8 Å². The van der Waals surface area contributed by atoms with Gasteiger partial charge in [-0.25, -0.2) is 8.42 Å². The van der Waals surface area contributed by atoms with Crippen molar-refractivity contribution in [1.82, 2.24) is 14.5 Å². The van der Waals surface area contributed by atoms with Crippen LogP contribution in [0.1, 0.15) is 56.1 Å². The Hall–Kier alpha value is -1.93. The minimum Gasteiger partial charge on any atom is -0.356 e. The molecule has 3 fully saturated rings. The summed E-state index contributed by atoms with van der Waals surface area (Å²) in [4.78, 5) is 27.9. The number of rotatable bonds is 6. The molecular formula is C25H35N3O4S. The number of aryl methyl sites for hydroxylation is 2. The van der Waals surface area contributed by atoms with E-state index in [2.05, 4.69) is 5.32 Å². The Labute approximate surface area is 196 Å². The van der Waals surface area contributed by atoms with Crippen LogP contribution in [-0.2, 0) is 32.5 Å². The second kappa shape index (κ2) is 9.37. The first-order chi connectivity index (χ1) is 15.9. The highest BCUT2D eigenvalue weighted by atomic mass is 32.2. The molecule has 4 aliphatic rings. The average Bonchev–Trinajstić information content (AvgIpc) is 3.56. The highest BCUT2D eigenvalue weighted by molar-refractivity contribution is 7.89. The first-order valence-corrected chi connectivity index (χ1v) is 14.0. The summed E-state index contributed by atoms with van der Waals surface area (Å²) in [6.07, 6.45) is 8.23. The SMILES string of the molecule is O=C(NCC1CC1)C1CCCN(C(=O)C2CCN(S(=O)(=O)c3ccc4c(c3)CCC4)CC2)C1. The zero-order valence-electron chi connectivity index (χ0n) is 19.3. The zero-order valence-corrected chi connectivity index (χ0v) is 20.1. The third kappa shape index (κ3) is 4.97. The van der Waals surface area contributed by atoms with Crippen LogP contribution in [0.5, 0.6) is 0 Å². The molecular weight excluding hydrogens is 438 g/mol. The van der Waals surface area contributed by atoms with Crippen molar-refractivity contribution in [3.8, 4) is 0 Å². The van der Waals surface area contributed by atoms with Crippen molar-refractivity contribution < 1.29 is 18.0 Å². The predicted octanol–water partition coefficient (Wildman–Crippen LogP) is 2.34. The number of carbonyl (C=O) groups is 2. The average molecular weight is 474 g/mol. The number of nitrogens with zero attached hydrogens (tertiary/aromatic N) is 2. The molecule has 8 heteroatoms. The van der Waals surface area contributed by atoms with Gasteiger partial charge in [-0.15, -0.1) is 0 Å². The molecule has 180 valence electrons. The van der Waals surface area contributed by atoms with Gasteiger partial charge >= 0.3 is 0 Å². The van der Waals surface area contributed by atoms with E-state index in [1.165, 1.54) is 22.7 Å². The van der Waals surface area contributed by atoms with Crippen LogP contribution in [-0.4, -0.2) is 62.2 Å². The molecule has 2 aliphatic carbocycles. The molecule has 2 aliphatic heterocycles. The van der Waals surface area contributed by atoms with Crippen molar-refractivity contribution in [2.45, 2.75) is 62.7 Å². The molecule has 1 saturated carbocycles. The van der Waals surface area contributed by atoms with Crippen molar-refractivity contribution in [3.05, 3.63) is 29.3 Å². The Morgan fingerprint density at radius 2 is 1.67 bits per heavy atom. The minimum absolute atomic E-state index is 0.0784. The number of sulfonamides is 1. The Bertz CT molecular complexity index is 1010. The summed E-state index contributed by atoms with van der Waals surface area (Å²) in [7, 11) is -3.53. The van der Waals surface area contributed by atoms with E-state index in [4.69, 9.17) is 0 Å². The van der Waals surface area contributed by atoms with E-state index in [1.54, 1.807) is 6.07 Å². The summed E-state index contributed by atoms with van der Waals surface area (Å²) in [5.41, 5.74) is 2.42. The van der Waals surface area contributed by atoms with Crippen LogP contribution in [0, 0.1) is 17.8 Å². The lowest BCUT2D eigenvalue weighted by Gasteiger charge is -2.37. The molecule has 5 rings (SSSR count). The van der Waals surface area contributed by atoms with E-state index >= 15 is 0 Å². The summed E-state index contributed by atoms with van der Waals surface area (Å²) in [6, 6.07) is 5.54. The molecule has 0 radical (unpaired) electrons. The van der Waals surface area contributed by atoms with Gasteiger partial charge in [0.25, 0.3) is 0 Å². The standard InChI is InChI=1S/C25H35N3O4S/c29-24(26-16-18-6-7-18)22-5-2-12-27(17-22)25(30)20-10-13-28(14-11-20)33(31,32)23-9-8-19-3-1-4-21(19)15-23/h8-9,15,18,20,22H,1-7,10-14,16-17H2,(H,26,29). The topological polar surface area (TPSA) is 86.8 Å². The molecule has 1 atom stereocenters. The molecule has 1 aromatic carbocycles. The number of amides is 2. The van der Waals surface area contributed by atoms with Crippen LogP contribution in [0.4, 0.5) is 0 Å². The van der Waals surface area contributed by atoms with E-state index in [1.807, 2.05) is 17.0 Å². The Morgan fingerprint density at radius 1 is 0.909 bits per heavy atom. The van der Waals surface area contributed by atoms with Gasteiger partial charge in [-0.05, 0) is 87.0 Å². The van der Waals surface area contributed by atoms with Gasteiger partial charge in [0.1, 0.15) is 0 Å². The molecule has 2 amide bonds. The summed E-state index contributed by atoms with van der Waals surface area (Å²) in [5, 5.41) is 3.06. The highest BCUT2D eigenvalue weighted by Gasteiger charge is 2.36. The number of benzene rings is 1. The zero-order chi connectivity index (χ0) is 23.0. The fourth-order valence-corrected chi connectivity index (χ4v) is 7.08. The summed E-state index contributed by atoms with van der Waals surface area (Å²) in [6.45, 7) is 2.69. The van der Waals surface area contributed by atoms with Crippen LogP contribution in [0.25, 0.3) is 0 Å². The van der Waals surface area contributed by atoms with Gasteiger partial charge in [0.05, 0.1) is 10.8 Å². The van der Waals surface area contributed by atoms with Gasteiger partial charge in [0.15, 0.2) is 0 Å². The second-order valence-corrected chi connectivity index (χ2v) is 12.2. The number of nitrogens with one attached hydrogen (secondary N) is 1. The molecule has 2 saturated heterocycles. The fraction of sp³-hybridized carbons (Fsp3) is 0.680. The smallest absolute Gasteiger partial charge is 0.243 e. The summed E-state index contributed by atoms with van der Waals surface area (Å²) in [5.74, 6) is 0.527. The van der Waals surface area contributed by atoms with E-state index in [9.17, 15) is 18.0 Å². The maximum atomic E-state index is 13.2. The maximum Gasteiger partial charge on any atom is 0.243 e. The molecule has 0 bridgehead atoms. The maximum absolute atomic E-state index is 13.2. The van der Waals surface area contributed by atoms with Gasteiger partial charge in [-0.3, -0.25) is 9.59 Å². The second-order valence-electron chi connectivity index (χ2n) is 10.3. The minimum atomic E-state index is -3.53. The number of likely N-dealkylation sites (tertiary alicyclic amines) is 1. The lowest BCUT2D eigenvalue weighted by molar-refractivity contribution is -0.140. The molecule has 33 heavy (non-hydrogen) atoms. The van der Waals surface area contributed by atoms with Crippen LogP contribution >= 0.6 is 0 Å². The quantitative estimate of drug-likeness (QED) is 0.687. The number of hydrogen-bond acceptors (Lipinski definition) is 4. The molecule has 0 spiro atoms. The number of piperidine rings is 2. The predicted molar refractivity (Wildman–Crippen MR) is 125 cm³/mol. The molecule has 0 aromatic heterocycles. The van der Waals surface area contributed by atoms with Crippen molar-refractivity contribution >= 4 is 21.8 Å². The number of fused-ring (bicyclic) bond motifs is 1. The Morgan fingerprint density at radius 3 is 2.42 bits per heavy atom. The molecule has 1 N–H and O–H groups in total. The van der Waals surface area contributed by atoms with Crippen molar-refractivity contribution in [1.29, 1.82) is 0 Å². The third-order valence-electron chi connectivity index (χ3n) is 7.88. The number of hydrogen-bond donors (Lipinski definition) is 1. The fourth-order valence-electron chi connectivity index (χ4n) is 5.56. The van der Waals surface area contributed by atoms with E-state index in [0.29, 0.717) is 49.8 Å². The summed E-state index contributed by atoms with van der Waals surface area (Å²) < 4.78 is 27.9. The van der Waals surface area contributed by atoms with Gasteiger partial charge < -0.3 is 10.2 Å². The molecule has 1 aromatic rings. The van der Waals surface area contributed by atoms with E-state index in [0.717, 1.165) is 44.2 Å². The van der Waals surface area contributed by atoms with Crippen molar-refractivity contribution in [2.75, 3.05) is 32.7 Å². The van der Waals surface area contributed by atoms with E-state index in [-0.39, 0.29) is 23.7 Å². The Balaban J connectivity index is 1.15. The van der Waals surface area contributed by atoms with Crippen LogP contribution in [0.15, 0.2) is 23.1 Å². The van der Waals surface area contributed by atoms with E-state index < -0.39 is 10.0 Å². The molecule has 1 unspecified atom stereocenters.